The number of nitrogens with zero attached hydrogens (tertiary/aromatic N) is 2. The zero-order chi connectivity index (χ0) is 15.3. The van der Waals surface area contributed by atoms with Crippen LogP contribution in [0, 0.1) is 19.8 Å². The van der Waals surface area contributed by atoms with E-state index in [0.29, 0.717) is 19.4 Å². The fraction of sp³-hybridized carbons (Fsp3) is 0.643. The third-order valence-electron chi connectivity index (χ3n) is 3.35. The van der Waals surface area contributed by atoms with Crippen LogP contribution in [0.25, 0.3) is 0 Å². The fourth-order valence-electron chi connectivity index (χ4n) is 2.07. The van der Waals surface area contributed by atoms with Crippen LogP contribution in [0.4, 0.5) is 0 Å². The molecule has 1 heterocycles. The van der Waals surface area contributed by atoms with Gasteiger partial charge < -0.3 is 14.2 Å². The number of esters is 1. The van der Waals surface area contributed by atoms with E-state index in [1.54, 1.807) is 18.9 Å². The molecule has 1 rings (SSSR count). The third kappa shape index (κ3) is 4.08. The number of methoxy groups -OCH3 is 1. The summed E-state index contributed by atoms with van der Waals surface area (Å²) in [5.74, 6) is 0.102. The second-order valence-corrected chi connectivity index (χ2v) is 5.00. The molecule has 0 aliphatic carbocycles. The summed E-state index contributed by atoms with van der Waals surface area (Å²) in [5.41, 5.74) is 1.80. The van der Waals surface area contributed by atoms with Gasteiger partial charge in [0, 0.05) is 25.6 Å². The first-order valence-corrected chi connectivity index (χ1v) is 6.60. The number of aromatic nitrogens is 1. The maximum Gasteiger partial charge on any atom is 0.310 e. The third-order valence-corrected chi connectivity index (χ3v) is 3.35. The molecule has 1 atom stereocenters. The fourth-order valence-corrected chi connectivity index (χ4v) is 2.07. The van der Waals surface area contributed by atoms with Crippen molar-refractivity contribution in [2.45, 2.75) is 33.6 Å². The van der Waals surface area contributed by atoms with Gasteiger partial charge in [0.1, 0.15) is 5.76 Å². The van der Waals surface area contributed by atoms with Crippen LogP contribution >= 0.6 is 0 Å². The Labute approximate surface area is 119 Å². The van der Waals surface area contributed by atoms with Gasteiger partial charge in [-0.15, -0.1) is 0 Å². The van der Waals surface area contributed by atoms with Gasteiger partial charge in [0.2, 0.25) is 5.91 Å². The Morgan fingerprint density at radius 1 is 1.40 bits per heavy atom. The van der Waals surface area contributed by atoms with Gasteiger partial charge in [0.15, 0.2) is 0 Å². The maximum absolute atomic E-state index is 12.0. The number of aryl methyl sites for hydroxylation is 2. The van der Waals surface area contributed by atoms with Crippen molar-refractivity contribution in [3.8, 4) is 0 Å². The molecule has 0 aliphatic rings. The van der Waals surface area contributed by atoms with Crippen molar-refractivity contribution in [1.29, 1.82) is 0 Å². The molecule has 1 amide bonds. The Balaban J connectivity index is 2.48. The summed E-state index contributed by atoms with van der Waals surface area (Å²) in [6, 6.07) is 0. The first-order chi connectivity index (χ1) is 9.36. The van der Waals surface area contributed by atoms with Crippen molar-refractivity contribution in [2.24, 2.45) is 5.92 Å². The second kappa shape index (κ2) is 7.07. The molecule has 0 spiro atoms. The number of carbonyl (C=O) groups is 2. The zero-order valence-corrected chi connectivity index (χ0v) is 12.7. The molecular weight excluding hydrogens is 260 g/mol. The highest BCUT2D eigenvalue weighted by Crippen LogP contribution is 2.15. The van der Waals surface area contributed by atoms with Crippen molar-refractivity contribution in [2.75, 3.05) is 20.7 Å². The number of carbonyl (C=O) groups excluding carboxylic acids is 2. The second-order valence-electron chi connectivity index (χ2n) is 5.00. The molecule has 0 radical (unpaired) electrons. The van der Waals surface area contributed by atoms with Crippen LogP contribution in [0.3, 0.4) is 0 Å². The van der Waals surface area contributed by atoms with Crippen LogP contribution < -0.4 is 0 Å². The van der Waals surface area contributed by atoms with Gasteiger partial charge in [-0.2, -0.15) is 0 Å². The minimum Gasteiger partial charge on any atom is -0.469 e. The molecule has 6 heteroatoms. The van der Waals surface area contributed by atoms with Gasteiger partial charge in [0.25, 0.3) is 0 Å². The van der Waals surface area contributed by atoms with Gasteiger partial charge in [-0.25, -0.2) is 0 Å². The Kier molecular flexibility index (Phi) is 5.73. The molecule has 1 unspecified atom stereocenters. The van der Waals surface area contributed by atoms with Crippen LogP contribution in [0.5, 0.6) is 0 Å². The minimum atomic E-state index is -0.326. The van der Waals surface area contributed by atoms with Crippen LogP contribution in [0.1, 0.15) is 30.4 Å². The lowest BCUT2D eigenvalue weighted by Crippen LogP contribution is -2.34. The van der Waals surface area contributed by atoms with Crippen molar-refractivity contribution < 1.29 is 18.8 Å². The van der Waals surface area contributed by atoms with E-state index in [-0.39, 0.29) is 17.8 Å². The molecule has 0 saturated carbocycles. The average molecular weight is 282 g/mol. The number of amides is 1. The zero-order valence-electron chi connectivity index (χ0n) is 12.7. The van der Waals surface area contributed by atoms with Gasteiger partial charge in [0.05, 0.1) is 18.7 Å². The highest BCUT2D eigenvalue weighted by molar-refractivity contribution is 5.78. The standard InChI is InChI=1S/C14H22N2O4/c1-9(14(18)19-5)8-16(4)13(17)7-6-12-10(2)15-20-11(12)3/h9H,6-8H2,1-5H3. The van der Waals surface area contributed by atoms with E-state index >= 15 is 0 Å². The summed E-state index contributed by atoms with van der Waals surface area (Å²) in [5, 5.41) is 3.86. The number of rotatable bonds is 6. The SMILES string of the molecule is COC(=O)C(C)CN(C)C(=O)CCc1c(C)noc1C. The van der Waals surface area contributed by atoms with Gasteiger partial charge in [-0.05, 0) is 20.3 Å². The summed E-state index contributed by atoms with van der Waals surface area (Å²) in [7, 11) is 3.03. The maximum atomic E-state index is 12.0. The molecule has 0 N–H and O–H groups in total. The van der Waals surface area contributed by atoms with Crippen molar-refractivity contribution >= 4 is 11.9 Å². The number of ether oxygens (including phenoxy) is 1. The van der Waals surface area contributed by atoms with E-state index in [2.05, 4.69) is 9.89 Å². The molecule has 20 heavy (non-hydrogen) atoms. The molecule has 1 aromatic rings. The first kappa shape index (κ1) is 16.2. The van der Waals surface area contributed by atoms with E-state index in [4.69, 9.17) is 4.52 Å². The van der Waals surface area contributed by atoms with E-state index in [9.17, 15) is 9.59 Å². The first-order valence-electron chi connectivity index (χ1n) is 6.60. The summed E-state index contributed by atoms with van der Waals surface area (Å²) in [6.07, 6.45) is 0.963. The van der Waals surface area contributed by atoms with E-state index in [1.165, 1.54) is 7.11 Å². The van der Waals surface area contributed by atoms with Crippen molar-refractivity contribution in [1.82, 2.24) is 10.1 Å². The molecular formula is C14H22N2O4. The Bertz CT molecular complexity index is 462. The molecule has 0 bridgehead atoms. The number of hydrogen-bond acceptors (Lipinski definition) is 5. The van der Waals surface area contributed by atoms with Gasteiger partial charge in [-0.3, -0.25) is 9.59 Å². The van der Waals surface area contributed by atoms with E-state index < -0.39 is 0 Å². The van der Waals surface area contributed by atoms with E-state index in [0.717, 1.165) is 17.0 Å². The van der Waals surface area contributed by atoms with Crippen LogP contribution in [0.15, 0.2) is 4.52 Å². The van der Waals surface area contributed by atoms with Gasteiger partial charge in [-0.1, -0.05) is 12.1 Å². The molecule has 6 nitrogen and oxygen atoms in total. The minimum absolute atomic E-state index is 0.0132. The van der Waals surface area contributed by atoms with Crippen LogP contribution in [-0.2, 0) is 20.7 Å². The van der Waals surface area contributed by atoms with Gasteiger partial charge >= 0.3 is 5.97 Å². The molecule has 0 aliphatic heterocycles. The van der Waals surface area contributed by atoms with E-state index in [1.807, 2.05) is 13.8 Å². The monoisotopic (exact) mass is 282 g/mol. The predicted molar refractivity (Wildman–Crippen MR) is 73.1 cm³/mol. The molecule has 112 valence electrons. The predicted octanol–water partition coefficient (Wildman–Crippen LogP) is 1.49. The highest BCUT2D eigenvalue weighted by atomic mass is 16.5. The Morgan fingerprint density at radius 3 is 2.55 bits per heavy atom. The highest BCUT2D eigenvalue weighted by Gasteiger charge is 2.19. The number of hydrogen-bond donors (Lipinski definition) is 0. The largest absolute Gasteiger partial charge is 0.469 e. The van der Waals surface area contributed by atoms with Crippen molar-refractivity contribution in [3.05, 3.63) is 17.0 Å². The van der Waals surface area contributed by atoms with Crippen LogP contribution in [0.2, 0.25) is 0 Å². The summed E-state index contributed by atoms with van der Waals surface area (Å²) < 4.78 is 9.71. The smallest absolute Gasteiger partial charge is 0.310 e. The summed E-state index contributed by atoms with van der Waals surface area (Å²) >= 11 is 0. The Hall–Kier alpha value is -1.85. The average Bonchev–Trinajstić information content (AvgIpc) is 2.74. The molecule has 0 saturated heterocycles. The summed E-state index contributed by atoms with van der Waals surface area (Å²) in [4.78, 5) is 24.9. The summed E-state index contributed by atoms with van der Waals surface area (Å²) in [6.45, 7) is 5.79. The van der Waals surface area contributed by atoms with Crippen molar-refractivity contribution in [3.63, 3.8) is 0 Å². The Morgan fingerprint density at radius 2 is 2.05 bits per heavy atom. The molecule has 0 fully saturated rings. The lowest BCUT2D eigenvalue weighted by atomic mass is 10.1. The topological polar surface area (TPSA) is 72.6 Å². The lowest BCUT2D eigenvalue weighted by molar-refractivity contribution is -0.146. The van der Waals surface area contributed by atoms with Crippen LogP contribution in [-0.4, -0.2) is 42.6 Å². The lowest BCUT2D eigenvalue weighted by Gasteiger charge is -2.20. The normalized spacial score (nSPS) is 12.1. The molecule has 0 aromatic carbocycles. The molecule has 1 aromatic heterocycles. The quantitative estimate of drug-likeness (QED) is 0.739.